The standard InChI is InChI=1S/C30H20O/c31-29-16-8-15-22(20-9-2-1-3-10-20)30(29)21-17-18-27-25-13-5-4-11-23(25)24-12-6-7-14-26(24)28(27)19-21/h1-19,31H. The molecule has 0 radical (unpaired) electrons. The third kappa shape index (κ3) is 2.78. The maximum atomic E-state index is 10.9. The summed E-state index contributed by atoms with van der Waals surface area (Å²) in [5.41, 5.74) is 4.01. The molecule has 0 aliphatic heterocycles. The second-order valence-electron chi connectivity index (χ2n) is 7.92. The molecule has 146 valence electrons. The Hall–Kier alpha value is -4.10. The third-order valence-corrected chi connectivity index (χ3v) is 6.16. The van der Waals surface area contributed by atoms with Crippen LogP contribution in [0.3, 0.4) is 0 Å². The summed E-state index contributed by atoms with van der Waals surface area (Å²) in [5.74, 6) is 0.297. The van der Waals surface area contributed by atoms with Gasteiger partial charge in [0, 0.05) is 5.56 Å². The van der Waals surface area contributed by atoms with E-state index in [2.05, 4.69) is 84.9 Å². The number of phenols is 1. The average molecular weight is 396 g/mol. The molecule has 0 saturated carbocycles. The quantitative estimate of drug-likeness (QED) is 0.293. The van der Waals surface area contributed by atoms with Crippen molar-refractivity contribution in [2.24, 2.45) is 0 Å². The highest BCUT2D eigenvalue weighted by Crippen LogP contribution is 2.42. The van der Waals surface area contributed by atoms with Crippen LogP contribution in [0.25, 0.3) is 54.6 Å². The predicted molar refractivity (Wildman–Crippen MR) is 131 cm³/mol. The molecular weight excluding hydrogens is 376 g/mol. The summed E-state index contributed by atoms with van der Waals surface area (Å²) < 4.78 is 0. The minimum atomic E-state index is 0.297. The Morgan fingerprint density at radius 3 is 1.58 bits per heavy atom. The summed E-state index contributed by atoms with van der Waals surface area (Å²) in [6.07, 6.45) is 0. The number of phenolic OH excluding ortho intramolecular Hbond substituents is 1. The number of rotatable bonds is 2. The third-order valence-electron chi connectivity index (χ3n) is 6.16. The smallest absolute Gasteiger partial charge is 0.124 e. The van der Waals surface area contributed by atoms with Crippen LogP contribution in [0, 0.1) is 0 Å². The Balaban J connectivity index is 1.71. The fraction of sp³-hybridized carbons (Fsp3) is 0. The van der Waals surface area contributed by atoms with Gasteiger partial charge in [0.05, 0.1) is 0 Å². The van der Waals surface area contributed by atoms with Crippen molar-refractivity contribution in [3.63, 3.8) is 0 Å². The van der Waals surface area contributed by atoms with E-state index in [0.29, 0.717) is 5.75 Å². The van der Waals surface area contributed by atoms with Gasteiger partial charge in [-0.25, -0.2) is 0 Å². The lowest BCUT2D eigenvalue weighted by Crippen LogP contribution is -1.88. The molecule has 0 unspecified atom stereocenters. The van der Waals surface area contributed by atoms with Gasteiger partial charge in [-0.1, -0.05) is 103 Å². The van der Waals surface area contributed by atoms with Gasteiger partial charge in [-0.15, -0.1) is 0 Å². The molecule has 0 heterocycles. The molecule has 0 saturated heterocycles. The van der Waals surface area contributed by atoms with Gasteiger partial charge in [-0.05, 0) is 61.1 Å². The molecule has 31 heavy (non-hydrogen) atoms. The van der Waals surface area contributed by atoms with Gasteiger partial charge in [-0.3, -0.25) is 0 Å². The van der Waals surface area contributed by atoms with E-state index in [1.807, 2.05) is 24.3 Å². The largest absolute Gasteiger partial charge is 0.507 e. The molecule has 6 rings (SSSR count). The normalized spacial score (nSPS) is 11.4. The minimum absolute atomic E-state index is 0.297. The topological polar surface area (TPSA) is 20.2 Å². The monoisotopic (exact) mass is 396 g/mol. The van der Waals surface area contributed by atoms with Crippen molar-refractivity contribution < 1.29 is 5.11 Å². The first kappa shape index (κ1) is 17.7. The molecule has 0 bridgehead atoms. The highest BCUT2D eigenvalue weighted by molar-refractivity contribution is 6.25. The van der Waals surface area contributed by atoms with Gasteiger partial charge in [0.2, 0.25) is 0 Å². The predicted octanol–water partition coefficient (Wildman–Crippen LogP) is 8.19. The summed E-state index contributed by atoms with van der Waals surface area (Å²) in [6.45, 7) is 0. The molecule has 1 heteroatoms. The Morgan fingerprint density at radius 1 is 0.387 bits per heavy atom. The van der Waals surface area contributed by atoms with Crippen molar-refractivity contribution >= 4 is 32.3 Å². The van der Waals surface area contributed by atoms with E-state index in [4.69, 9.17) is 0 Å². The number of fused-ring (bicyclic) bond motifs is 6. The van der Waals surface area contributed by atoms with Crippen molar-refractivity contribution in [1.29, 1.82) is 0 Å². The Labute approximate surface area is 180 Å². The molecule has 6 aromatic rings. The van der Waals surface area contributed by atoms with Crippen molar-refractivity contribution in [3.8, 4) is 28.0 Å². The molecule has 1 N–H and O–H groups in total. The Morgan fingerprint density at radius 2 is 0.935 bits per heavy atom. The molecule has 0 aliphatic carbocycles. The lowest BCUT2D eigenvalue weighted by molar-refractivity contribution is 0.477. The zero-order valence-corrected chi connectivity index (χ0v) is 16.9. The van der Waals surface area contributed by atoms with E-state index in [1.54, 1.807) is 6.07 Å². The van der Waals surface area contributed by atoms with Crippen LogP contribution in [0.2, 0.25) is 0 Å². The first-order chi connectivity index (χ1) is 15.3. The highest BCUT2D eigenvalue weighted by atomic mass is 16.3. The molecule has 0 fully saturated rings. The van der Waals surface area contributed by atoms with Gasteiger partial charge >= 0.3 is 0 Å². The summed E-state index contributed by atoms with van der Waals surface area (Å²) in [6, 6.07) is 39.7. The molecule has 0 aliphatic rings. The van der Waals surface area contributed by atoms with E-state index in [1.165, 1.54) is 32.3 Å². The molecule has 1 nitrogen and oxygen atoms in total. The fourth-order valence-electron chi connectivity index (χ4n) is 4.76. The van der Waals surface area contributed by atoms with Gasteiger partial charge in [0.15, 0.2) is 0 Å². The Kier molecular flexibility index (Phi) is 4.00. The van der Waals surface area contributed by atoms with E-state index >= 15 is 0 Å². The number of hydrogen-bond acceptors (Lipinski definition) is 1. The highest BCUT2D eigenvalue weighted by Gasteiger charge is 2.14. The molecule has 0 amide bonds. The molecule has 0 spiro atoms. The number of aromatic hydroxyl groups is 1. The zero-order chi connectivity index (χ0) is 20.8. The second kappa shape index (κ2) is 7.00. The van der Waals surface area contributed by atoms with Gasteiger partial charge in [0.25, 0.3) is 0 Å². The van der Waals surface area contributed by atoms with Crippen molar-refractivity contribution in [3.05, 3.63) is 115 Å². The van der Waals surface area contributed by atoms with Crippen LogP contribution < -0.4 is 0 Å². The first-order valence-corrected chi connectivity index (χ1v) is 10.5. The van der Waals surface area contributed by atoms with E-state index < -0.39 is 0 Å². The number of benzene rings is 6. The van der Waals surface area contributed by atoms with E-state index in [0.717, 1.165) is 22.3 Å². The lowest BCUT2D eigenvalue weighted by Gasteiger charge is -2.15. The van der Waals surface area contributed by atoms with Crippen LogP contribution in [0.4, 0.5) is 0 Å². The zero-order valence-electron chi connectivity index (χ0n) is 16.9. The summed E-state index contributed by atoms with van der Waals surface area (Å²) >= 11 is 0. The average Bonchev–Trinajstić information content (AvgIpc) is 2.84. The first-order valence-electron chi connectivity index (χ1n) is 10.5. The maximum Gasteiger partial charge on any atom is 0.124 e. The van der Waals surface area contributed by atoms with Gasteiger partial charge in [-0.2, -0.15) is 0 Å². The Bertz CT molecular complexity index is 1540. The van der Waals surface area contributed by atoms with E-state index in [-0.39, 0.29) is 0 Å². The van der Waals surface area contributed by atoms with Crippen LogP contribution >= 0.6 is 0 Å². The minimum Gasteiger partial charge on any atom is -0.507 e. The SMILES string of the molecule is Oc1cccc(-c2ccccc2)c1-c1ccc2c3ccccc3c3ccccc3c2c1. The summed E-state index contributed by atoms with van der Waals surface area (Å²) in [4.78, 5) is 0. The van der Waals surface area contributed by atoms with Crippen LogP contribution in [-0.4, -0.2) is 5.11 Å². The van der Waals surface area contributed by atoms with Crippen LogP contribution in [0.1, 0.15) is 0 Å². The van der Waals surface area contributed by atoms with Crippen LogP contribution in [0.15, 0.2) is 115 Å². The van der Waals surface area contributed by atoms with Gasteiger partial charge < -0.3 is 5.11 Å². The van der Waals surface area contributed by atoms with Crippen molar-refractivity contribution in [2.45, 2.75) is 0 Å². The second-order valence-corrected chi connectivity index (χ2v) is 7.92. The maximum absolute atomic E-state index is 10.9. The lowest BCUT2D eigenvalue weighted by atomic mass is 9.89. The summed E-state index contributed by atoms with van der Waals surface area (Å²) in [5, 5.41) is 18.3. The fourth-order valence-corrected chi connectivity index (χ4v) is 4.76. The number of hydrogen-bond donors (Lipinski definition) is 1. The molecular formula is C30H20O. The van der Waals surface area contributed by atoms with Crippen LogP contribution in [0.5, 0.6) is 5.75 Å². The molecule has 0 aromatic heterocycles. The van der Waals surface area contributed by atoms with Crippen LogP contribution in [-0.2, 0) is 0 Å². The van der Waals surface area contributed by atoms with Crippen molar-refractivity contribution in [1.82, 2.24) is 0 Å². The van der Waals surface area contributed by atoms with Crippen molar-refractivity contribution in [2.75, 3.05) is 0 Å². The molecule has 6 aromatic carbocycles. The molecule has 0 atom stereocenters. The van der Waals surface area contributed by atoms with E-state index in [9.17, 15) is 5.11 Å². The van der Waals surface area contributed by atoms with Gasteiger partial charge in [0.1, 0.15) is 5.75 Å². The summed E-state index contributed by atoms with van der Waals surface area (Å²) in [7, 11) is 0.